The number of benzene rings is 1. The maximum atomic E-state index is 12.3. The number of sulfone groups is 1. The first-order valence-electron chi connectivity index (χ1n) is 9.66. The summed E-state index contributed by atoms with van der Waals surface area (Å²) < 4.78 is 28.2. The minimum Gasteiger partial charge on any atom is -0.449 e. The van der Waals surface area contributed by atoms with E-state index in [2.05, 4.69) is 5.32 Å². The summed E-state index contributed by atoms with van der Waals surface area (Å²) in [5, 5.41) is 2.65. The van der Waals surface area contributed by atoms with Crippen molar-refractivity contribution in [1.82, 2.24) is 5.32 Å². The molecule has 0 spiro atoms. The second-order valence-electron chi connectivity index (χ2n) is 7.61. The summed E-state index contributed by atoms with van der Waals surface area (Å²) in [6, 6.07) is 7.04. The van der Waals surface area contributed by atoms with E-state index < -0.39 is 33.9 Å². The Labute approximate surface area is 160 Å². The lowest BCUT2D eigenvalue weighted by Gasteiger charge is -2.22. The monoisotopic (exact) mass is 393 g/mol. The van der Waals surface area contributed by atoms with Gasteiger partial charge in [-0.2, -0.15) is 0 Å². The SMILES string of the molecule is C[C@H](OC(=O)c1ccc(C2CCCCC2)cc1)C(=O)N[C@@H]1CCS(=O)(=O)C1. The fraction of sp³-hybridized carbons (Fsp3) is 0.600. The van der Waals surface area contributed by atoms with Crippen molar-refractivity contribution in [2.75, 3.05) is 11.5 Å². The smallest absolute Gasteiger partial charge is 0.338 e. The van der Waals surface area contributed by atoms with Gasteiger partial charge < -0.3 is 10.1 Å². The van der Waals surface area contributed by atoms with Crippen LogP contribution in [0.3, 0.4) is 0 Å². The molecule has 1 heterocycles. The highest BCUT2D eigenvalue weighted by Gasteiger charge is 2.30. The average molecular weight is 394 g/mol. The number of nitrogens with one attached hydrogen (secondary N) is 1. The number of hydrogen-bond acceptors (Lipinski definition) is 5. The van der Waals surface area contributed by atoms with Crippen LogP contribution < -0.4 is 5.32 Å². The molecule has 0 unspecified atom stereocenters. The van der Waals surface area contributed by atoms with Gasteiger partial charge in [-0.1, -0.05) is 31.4 Å². The van der Waals surface area contributed by atoms with Crippen molar-refractivity contribution in [2.45, 2.75) is 63.5 Å². The Bertz CT molecular complexity index is 781. The van der Waals surface area contributed by atoms with E-state index in [4.69, 9.17) is 4.74 Å². The molecular formula is C20H27NO5S. The predicted molar refractivity (Wildman–Crippen MR) is 102 cm³/mol. The topological polar surface area (TPSA) is 89.5 Å². The summed E-state index contributed by atoms with van der Waals surface area (Å²) in [4.78, 5) is 24.4. The quantitative estimate of drug-likeness (QED) is 0.777. The van der Waals surface area contributed by atoms with Crippen LogP contribution >= 0.6 is 0 Å². The maximum absolute atomic E-state index is 12.3. The Kier molecular flexibility index (Phi) is 6.19. The lowest BCUT2D eigenvalue weighted by Crippen LogP contribution is -2.42. The van der Waals surface area contributed by atoms with Crippen molar-refractivity contribution in [3.63, 3.8) is 0 Å². The average Bonchev–Trinajstić information content (AvgIpc) is 3.00. The number of carbonyl (C=O) groups excluding carboxylic acids is 2. The summed E-state index contributed by atoms with van der Waals surface area (Å²) in [6.45, 7) is 1.49. The van der Waals surface area contributed by atoms with E-state index in [0.29, 0.717) is 17.9 Å². The van der Waals surface area contributed by atoms with Crippen LogP contribution in [-0.4, -0.2) is 43.9 Å². The van der Waals surface area contributed by atoms with Gasteiger partial charge in [0.1, 0.15) is 0 Å². The molecule has 2 fully saturated rings. The summed E-state index contributed by atoms with van der Waals surface area (Å²) in [7, 11) is -3.07. The summed E-state index contributed by atoms with van der Waals surface area (Å²) in [6.07, 6.45) is 5.62. The van der Waals surface area contributed by atoms with E-state index in [1.54, 1.807) is 12.1 Å². The van der Waals surface area contributed by atoms with Crippen LogP contribution in [-0.2, 0) is 19.4 Å². The van der Waals surface area contributed by atoms with Gasteiger partial charge in [0, 0.05) is 6.04 Å². The van der Waals surface area contributed by atoms with Crippen LogP contribution in [0.1, 0.15) is 67.3 Å². The first-order valence-corrected chi connectivity index (χ1v) is 11.5. The minimum atomic E-state index is -3.07. The Morgan fingerprint density at radius 1 is 1.07 bits per heavy atom. The lowest BCUT2D eigenvalue weighted by atomic mass is 9.84. The number of hydrogen-bond donors (Lipinski definition) is 1. The summed E-state index contributed by atoms with van der Waals surface area (Å²) in [5.41, 5.74) is 1.66. The summed E-state index contributed by atoms with van der Waals surface area (Å²) in [5.74, 6) is -0.422. The zero-order chi connectivity index (χ0) is 19.4. The molecule has 0 radical (unpaired) electrons. The van der Waals surface area contributed by atoms with Crippen LogP contribution in [0.2, 0.25) is 0 Å². The van der Waals surface area contributed by atoms with Gasteiger partial charge in [-0.3, -0.25) is 4.79 Å². The highest BCUT2D eigenvalue weighted by atomic mass is 32.2. The molecule has 1 N–H and O–H groups in total. The second kappa shape index (κ2) is 8.42. The van der Waals surface area contributed by atoms with Crippen molar-refractivity contribution in [2.24, 2.45) is 0 Å². The molecule has 2 atom stereocenters. The van der Waals surface area contributed by atoms with Crippen LogP contribution in [0.4, 0.5) is 0 Å². The van der Waals surface area contributed by atoms with Crippen LogP contribution in [0, 0.1) is 0 Å². The molecule has 27 heavy (non-hydrogen) atoms. The van der Waals surface area contributed by atoms with Gasteiger partial charge in [0.15, 0.2) is 15.9 Å². The van der Waals surface area contributed by atoms with E-state index >= 15 is 0 Å². The van der Waals surface area contributed by atoms with Crippen LogP contribution in [0.15, 0.2) is 24.3 Å². The third-order valence-corrected chi connectivity index (χ3v) is 7.22. The third kappa shape index (κ3) is 5.31. The van der Waals surface area contributed by atoms with Gasteiger partial charge in [-0.05, 0) is 49.8 Å². The molecule has 1 amide bonds. The van der Waals surface area contributed by atoms with E-state index in [1.165, 1.54) is 44.6 Å². The third-order valence-electron chi connectivity index (χ3n) is 5.45. The highest BCUT2D eigenvalue weighted by molar-refractivity contribution is 7.91. The van der Waals surface area contributed by atoms with Crippen molar-refractivity contribution < 1.29 is 22.7 Å². The lowest BCUT2D eigenvalue weighted by molar-refractivity contribution is -0.129. The van der Waals surface area contributed by atoms with Crippen molar-refractivity contribution in [1.29, 1.82) is 0 Å². The second-order valence-corrected chi connectivity index (χ2v) is 9.84. The van der Waals surface area contributed by atoms with Crippen molar-refractivity contribution in [3.05, 3.63) is 35.4 Å². The zero-order valence-corrected chi connectivity index (χ0v) is 16.5. The van der Waals surface area contributed by atoms with Gasteiger partial charge in [0.25, 0.3) is 5.91 Å². The van der Waals surface area contributed by atoms with Gasteiger partial charge in [-0.25, -0.2) is 13.2 Å². The fourth-order valence-electron chi connectivity index (χ4n) is 3.84. The Morgan fingerprint density at radius 2 is 1.74 bits per heavy atom. The van der Waals surface area contributed by atoms with Gasteiger partial charge in [-0.15, -0.1) is 0 Å². The first-order chi connectivity index (χ1) is 12.8. The van der Waals surface area contributed by atoms with Crippen LogP contribution in [0.25, 0.3) is 0 Å². The Hall–Kier alpha value is -1.89. The number of carbonyl (C=O) groups is 2. The molecule has 1 aromatic carbocycles. The molecule has 7 heteroatoms. The molecular weight excluding hydrogens is 366 g/mol. The molecule has 0 aromatic heterocycles. The molecule has 1 saturated carbocycles. The molecule has 2 aliphatic rings. The highest BCUT2D eigenvalue weighted by Crippen LogP contribution is 2.32. The predicted octanol–water partition coefficient (Wildman–Crippen LogP) is 2.58. The molecule has 1 aliphatic carbocycles. The molecule has 6 nitrogen and oxygen atoms in total. The van der Waals surface area contributed by atoms with Gasteiger partial charge in [0.2, 0.25) is 0 Å². The van der Waals surface area contributed by atoms with Crippen LogP contribution in [0.5, 0.6) is 0 Å². The van der Waals surface area contributed by atoms with E-state index in [1.807, 2.05) is 12.1 Å². The number of rotatable bonds is 5. The number of ether oxygens (including phenoxy) is 1. The van der Waals surface area contributed by atoms with Gasteiger partial charge in [0.05, 0.1) is 17.1 Å². The fourth-order valence-corrected chi connectivity index (χ4v) is 5.51. The minimum absolute atomic E-state index is 0.0535. The Morgan fingerprint density at radius 3 is 2.33 bits per heavy atom. The Balaban J connectivity index is 1.52. The van der Waals surface area contributed by atoms with Gasteiger partial charge >= 0.3 is 5.97 Å². The molecule has 148 valence electrons. The zero-order valence-electron chi connectivity index (χ0n) is 15.6. The van der Waals surface area contributed by atoms with E-state index in [0.717, 1.165) is 0 Å². The maximum Gasteiger partial charge on any atom is 0.338 e. The molecule has 0 bridgehead atoms. The molecule has 1 aliphatic heterocycles. The normalized spacial score (nSPS) is 23.5. The summed E-state index contributed by atoms with van der Waals surface area (Å²) >= 11 is 0. The largest absolute Gasteiger partial charge is 0.449 e. The molecule has 1 aromatic rings. The van der Waals surface area contributed by atoms with Crippen molar-refractivity contribution >= 4 is 21.7 Å². The molecule has 1 saturated heterocycles. The number of esters is 1. The molecule has 3 rings (SSSR count). The first kappa shape index (κ1) is 19.9. The van der Waals surface area contributed by atoms with E-state index in [-0.39, 0.29) is 11.5 Å². The number of amides is 1. The van der Waals surface area contributed by atoms with Crippen molar-refractivity contribution in [3.8, 4) is 0 Å². The van der Waals surface area contributed by atoms with E-state index in [9.17, 15) is 18.0 Å². The standard InChI is InChI=1S/C20H27NO5S/c1-14(19(22)21-18-11-12-27(24,25)13-18)26-20(23)17-9-7-16(8-10-17)15-5-3-2-4-6-15/h7-10,14-15,18H,2-6,11-13H2,1H3,(H,21,22)/t14-,18+/m0/s1.